The molecule has 0 radical (unpaired) electrons. The Kier molecular flexibility index (Phi) is 4.26. The third-order valence-electron chi connectivity index (χ3n) is 3.85. The van der Waals surface area contributed by atoms with Crippen molar-refractivity contribution in [3.05, 3.63) is 29.8 Å². The fourth-order valence-electron chi connectivity index (χ4n) is 2.74. The van der Waals surface area contributed by atoms with Gasteiger partial charge in [0, 0.05) is 18.4 Å². The Morgan fingerprint density at radius 2 is 2.10 bits per heavy atom. The van der Waals surface area contributed by atoms with Crippen molar-refractivity contribution < 1.29 is 24.2 Å². The number of hydrogen-bond acceptors (Lipinski definition) is 4. The second kappa shape index (κ2) is 5.95. The first-order chi connectivity index (χ1) is 9.99. The van der Waals surface area contributed by atoms with E-state index in [4.69, 9.17) is 9.84 Å². The summed E-state index contributed by atoms with van der Waals surface area (Å²) in [7, 11) is 1.50. The van der Waals surface area contributed by atoms with Crippen molar-refractivity contribution in [1.82, 2.24) is 5.32 Å². The minimum absolute atomic E-state index is 0.127. The molecule has 1 fully saturated rings. The van der Waals surface area contributed by atoms with Crippen LogP contribution in [-0.4, -0.2) is 30.0 Å². The molecule has 6 nitrogen and oxygen atoms in total. The van der Waals surface area contributed by atoms with E-state index >= 15 is 0 Å². The van der Waals surface area contributed by atoms with Gasteiger partial charge in [-0.2, -0.15) is 0 Å². The molecule has 1 aliphatic rings. The Bertz CT molecular complexity index is 583. The molecule has 0 bridgehead atoms. The summed E-state index contributed by atoms with van der Waals surface area (Å²) in [6.07, 6.45) is 0.441. The Morgan fingerprint density at radius 3 is 2.71 bits per heavy atom. The van der Waals surface area contributed by atoms with Gasteiger partial charge in [0.25, 0.3) is 0 Å². The molecule has 1 heterocycles. The number of carboxylic acid groups (broad SMARTS) is 1. The maximum atomic E-state index is 12.4. The zero-order valence-corrected chi connectivity index (χ0v) is 11.7. The van der Waals surface area contributed by atoms with E-state index in [9.17, 15) is 14.4 Å². The Balaban J connectivity index is 2.47. The van der Waals surface area contributed by atoms with Gasteiger partial charge in [-0.05, 0) is 18.9 Å². The lowest BCUT2D eigenvalue weighted by atomic mass is 9.70. The topological polar surface area (TPSA) is 92.7 Å². The van der Waals surface area contributed by atoms with Crippen molar-refractivity contribution in [2.75, 3.05) is 7.11 Å². The molecule has 2 amide bonds. The number of piperidine rings is 1. The van der Waals surface area contributed by atoms with Crippen LogP contribution < -0.4 is 10.1 Å². The monoisotopic (exact) mass is 291 g/mol. The second-order valence-electron chi connectivity index (χ2n) is 5.05. The molecule has 2 N–H and O–H groups in total. The summed E-state index contributed by atoms with van der Waals surface area (Å²) < 4.78 is 5.29. The summed E-state index contributed by atoms with van der Waals surface area (Å²) in [6.45, 7) is 0. The van der Waals surface area contributed by atoms with Gasteiger partial charge in [0.15, 0.2) is 0 Å². The highest BCUT2D eigenvalue weighted by atomic mass is 16.5. The van der Waals surface area contributed by atoms with Gasteiger partial charge in [-0.1, -0.05) is 18.2 Å². The second-order valence-corrected chi connectivity index (χ2v) is 5.05. The molecule has 1 aromatic rings. The van der Waals surface area contributed by atoms with Crippen molar-refractivity contribution in [2.24, 2.45) is 0 Å². The van der Waals surface area contributed by atoms with Crippen molar-refractivity contribution >= 4 is 17.8 Å². The predicted octanol–water partition coefficient (Wildman–Crippen LogP) is 1.23. The molecule has 0 saturated carbocycles. The number of carbonyl (C=O) groups excluding carboxylic acids is 2. The number of aliphatic carboxylic acids is 1. The smallest absolute Gasteiger partial charge is 0.303 e. The average molecular weight is 291 g/mol. The summed E-state index contributed by atoms with van der Waals surface area (Å²) in [5.74, 6) is -1.24. The molecule has 0 aromatic heterocycles. The van der Waals surface area contributed by atoms with Crippen LogP contribution in [0.2, 0.25) is 0 Å². The zero-order valence-electron chi connectivity index (χ0n) is 11.7. The first-order valence-corrected chi connectivity index (χ1v) is 6.69. The largest absolute Gasteiger partial charge is 0.496 e. The van der Waals surface area contributed by atoms with Gasteiger partial charge in [-0.25, -0.2) is 0 Å². The first-order valence-electron chi connectivity index (χ1n) is 6.69. The van der Waals surface area contributed by atoms with E-state index in [2.05, 4.69) is 5.32 Å². The van der Waals surface area contributed by atoms with Crippen LogP contribution in [0.3, 0.4) is 0 Å². The number of imide groups is 1. The quantitative estimate of drug-likeness (QED) is 0.796. The SMILES string of the molecule is COc1ccccc1C1(CCC(=O)O)CCC(=O)NC1=O. The van der Waals surface area contributed by atoms with Crippen LogP contribution in [0.4, 0.5) is 0 Å². The van der Waals surface area contributed by atoms with E-state index in [0.717, 1.165) is 0 Å². The average Bonchev–Trinajstić information content (AvgIpc) is 2.47. The van der Waals surface area contributed by atoms with Crippen molar-refractivity contribution in [2.45, 2.75) is 31.1 Å². The molecule has 1 unspecified atom stereocenters. The molecule has 1 saturated heterocycles. The van der Waals surface area contributed by atoms with Crippen LogP contribution in [0, 0.1) is 0 Å². The maximum absolute atomic E-state index is 12.4. The lowest BCUT2D eigenvalue weighted by Gasteiger charge is -2.36. The Hall–Kier alpha value is -2.37. The van der Waals surface area contributed by atoms with Gasteiger partial charge in [0.2, 0.25) is 11.8 Å². The number of rotatable bonds is 5. The summed E-state index contributed by atoms with van der Waals surface area (Å²) in [6, 6.07) is 7.01. The standard InChI is InChI=1S/C15H17NO5/c1-21-11-5-3-2-4-10(11)15(9-7-13(18)19)8-6-12(17)16-14(15)20/h2-5H,6-9H2,1H3,(H,18,19)(H,16,17,20). The molecular formula is C15H17NO5. The number of para-hydroxylation sites is 1. The number of hydrogen-bond donors (Lipinski definition) is 2. The lowest BCUT2D eigenvalue weighted by Crippen LogP contribution is -2.51. The van der Waals surface area contributed by atoms with Gasteiger partial charge in [0.05, 0.1) is 12.5 Å². The highest BCUT2D eigenvalue weighted by molar-refractivity contribution is 6.03. The number of nitrogens with one attached hydrogen (secondary N) is 1. The van der Waals surface area contributed by atoms with Gasteiger partial charge < -0.3 is 9.84 Å². The predicted molar refractivity (Wildman–Crippen MR) is 73.9 cm³/mol. The van der Waals surface area contributed by atoms with Crippen LogP contribution in [0.1, 0.15) is 31.2 Å². The summed E-state index contributed by atoms with van der Waals surface area (Å²) in [5, 5.41) is 11.3. The number of amides is 2. The van der Waals surface area contributed by atoms with E-state index in [1.807, 2.05) is 0 Å². The third kappa shape index (κ3) is 2.89. The number of benzene rings is 1. The van der Waals surface area contributed by atoms with E-state index in [-0.39, 0.29) is 31.6 Å². The normalized spacial score (nSPS) is 21.8. The van der Waals surface area contributed by atoms with E-state index in [0.29, 0.717) is 11.3 Å². The van der Waals surface area contributed by atoms with Crippen molar-refractivity contribution in [1.29, 1.82) is 0 Å². The van der Waals surface area contributed by atoms with Gasteiger partial charge in [-0.3, -0.25) is 19.7 Å². The molecule has 6 heteroatoms. The highest BCUT2D eigenvalue weighted by Gasteiger charge is 2.45. The van der Waals surface area contributed by atoms with E-state index < -0.39 is 17.3 Å². The van der Waals surface area contributed by atoms with Crippen LogP contribution >= 0.6 is 0 Å². The summed E-state index contributed by atoms with van der Waals surface area (Å²) >= 11 is 0. The minimum Gasteiger partial charge on any atom is -0.496 e. The fourth-order valence-corrected chi connectivity index (χ4v) is 2.74. The van der Waals surface area contributed by atoms with Crippen LogP contribution in [-0.2, 0) is 19.8 Å². The number of carboxylic acids is 1. The van der Waals surface area contributed by atoms with Crippen LogP contribution in [0.15, 0.2) is 24.3 Å². The molecular weight excluding hydrogens is 274 g/mol. The first kappa shape index (κ1) is 15.0. The summed E-state index contributed by atoms with van der Waals surface area (Å²) in [5.41, 5.74) is -0.419. The van der Waals surface area contributed by atoms with E-state index in [1.54, 1.807) is 24.3 Å². The van der Waals surface area contributed by atoms with E-state index in [1.165, 1.54) is 7.11 Å². The molecule has 1 aromatic carbocycles. The lowest BCUT2D eigenvalue weighted by molar-refractivity contribution is -0.139. The molecule has 1 atom stereocenters. The van der Waals surface area contributed by atoms with Crippen LogP contribution in [0.25, 0.3) is 0 Å². The van der Waals surface area contributed by atoms with Crippen molar-refractivity contribution in [3.8, 4) is 5.75 Å². The Morgan fingerprint density at radius 1 is 1.38 bits per heavy atom. The van der Waals surface area contributed by atoms with Crippen LogP contribution in [0.5, 0.6) is 5.75 Å². The molecule has 112 valence electrons. The Labute approximate surface area is 122 Å². The fraction of sp³-hybridized carbons (Fsp3) is 0.400. The molecule has 0 aliphatic carbocycles. The van der Waals surface area contributed by atoms with Crippen molar-refractivity contribution in [3.63, 3.8) is 0 Å². The molecule has 21 heavy (non-hydrogen) atoms. The minimum atomic E-state index is -1.04. The number of carbonyl (C=O) groups is 3. The number of ether oxygens (including phenoxy) is 1. The third-order valence-corrected chi connectivity index (χ3v) is 3.85. The maximum Gasteiger partial charge on any atom is 0.303 e. The highest BCUT2D eigenvalue weighted by Crippen LogP contribution is 2.41. The van der Waals surface area contributed by atoms with Gasteiger partial charge in [0.1, 0.15) is 5.75 Å². The van der Waals surface area contributed by atoms with Gasteiger partial charge >= 0.3 is 5.97 Å². The molecule has 1 aliphatic heterocycles. The van der Waals surface area contributed by atoms with Gasteiger partial charge in [-0.15, -0.1) is 0 Å². The molecule has 0 spiro atoms. The zero-order chi connectivity index (χ0) is 15.5. The number of methoxy groups -OCH3 is 1. The molecule has 2 rings (SSSR count). The summed E-state index contributed by atoms with van der Waals surface area (Å²) in [4.78, 5) is 34.7.